The van der Waals surface area contributed by atoms with Crippen LogP contribution in [0.15, 0.2) is 11.4 Å². The van der Waals surface area contributed by atoms with Gasteiger partial charge in [0.25, 0.3) is 5.91 Å². The molecule has 4 nitrogen and oxygen atoms in total. The molecule has 0 aromatic carbocycles. The predicted molar refractivity (Wildman–Crippen MR) is 69.4 cm³/mol. The van der Waals surface area contributed by atoms with Gasteiger partial charge >= 0.3 is 0 Å². The number of hydrogen-bond donors (Lipinski definition) is 2. The Bertz CT molecular complexity index is 402. The molecular weight excluding hydrogens is 234 g/mol. The van der Waals surface area contributed by atoms with Gasteiger partial charge in [0.1, 0.15) is 0 Å². The molecule has 2 heterocycles. The van der Waals surface area contributed by atoms with E-state index in [9.17, 15) is 4.79 Å². The van der Waals surface area contributed by atoms with Crippen molar-refractivity contribution in [2.24, 2.45) is 11.8 Å². The standard InChI is InChI=1S/C12H19N3OS/c1-8(2)11(12(16)14-13)15-5-3-10-9(7-15)4-6-17-10/h4,6,8,11H,3,5,7,13H2,1-2H3,(H,14,16). The number of amides is 1. The molecule has 0 fully saturated rings. The van der Waals surface area contributed by atoms with Crippen LogP contribution in [0.4, 0.5) is 0 Å². The van der Waals surface area contributed by atoms with Crippen molar-refractivity contribution in [3.63, 3.8) is 0 Å². The minimum atomic E-state index is -0.131. The fourth-order valence-corrected chi connectivity index (χ4v) is 3.37. The second kappa shape index (κ2) is 5.16. The number of carbonyl (C=O) groups excluding carboxylic acids is 1. The third kappa shape index (κ3) is 2.51. The van der Waals surface area contributed by atoms with E-state index in [-0.39, 0.29) is 17.9 Å². The molecule has 0 aliphatic carbocycles. The second-order valence-corrected chi connectivity index (χ2v) is 5.79. The number of nitrogens with one attached hydrogen (secondary N) is 1. The molecule has 1 aromatic rings. The van der Waals surface area contributed by atoms with Gasteiger partial charge in [0.15, 0.2) is 0 Å². The molecule has 0 bridgehead atoms. The van der Waals surface area contributed by atoms with Crippen LogP contribution in [0.1, 0.15) is 24.3 Å². The van der Waals surface area contributed by atoms with Crippen LogP contribution in [-0.4, -0.2) is 23.4 Å². The molecule has 17 heavy (non-hydrogen) atoms. The second-order valence-electron chi connectivity index (χ2n) is 4.79. The maximum absolute atomic E-state index is 11.8. The minimum Gasteiger partial charge on any atom is -0.293 e. The van der Waals surface area contributed by atoms with E-state index in [1.54, 1.807) is 0 Å². The van der Waals surface area contributed by atoms with E-state index in [4.69, 9.17) is 5.84 Å². The van der Waals surface area contributed by atoms with Crippen molar-refractivity contribution in [2.45, 2.75) is 32.9 Å². The summed E-state index contributed by atoms with van der Waals surface area (Å²) in [5.41, 5.74) is 3.64. The van der Waals surface area contributed by atoms with E-state index in [1.165, 1.54) is 10.4 Å². The quantitative estimate of drug-likeness (QED) is 0.482. The first-order chi connectivity index (χ1) is 8.13. The summed E-state index contributed by atoms with van der Waals surface area (Å²) >= 11 is 1.81. The van der Waals surface area contributed by atoms with Crippen LogP contribution < -0.4 is 11.3 Å². The first-order valence-corrected chi connectivity index (χ1v) is 6.81. The molecule has 1 amide bonds. The summed E-state index contributed by atoms with van der Waals surface area (Å²) < 4.78 is 0. The van der Waals surface area contributed by atoms with Crippen molar-refractivity contribution in [1.82, 2.24) is 10.3 Å². The van der Waals surface area contributed by atoms with Gasteiger partial charge in [-0.25, -0.2) is 5.84 Å². The zero-order valence-electron chi connectivity index (χ0n) is 10.3. The summed E-state index contributed by atoms with van der Waals surface area (Å²) in [7, 11) is 0. The van der Waals surface area contributed by atoms with Gasteiger partial charge in [0.2, 0.25) is 0 Å². The first kappa shape index (κ1) is 12.5. The van der Waals surface area contributed by atoms with Gasteiger partial charge < -0.3 is 0 Å². The first-order valence-electron chi connectivity index (χ1n) is 5.93. The average Bonchev–Trinajstić information content (AvgIpc) is 2.75. The van der Waals surface area contributed by atoms with Crippen molar-refractivity contribution < 1.29 is 4.79 Å². The number of nitrogens with zero attached hydrogens (tertiary/aromatic N) is 1. The molecule has 1 aliphatic heterocycles. The SMILES string of the molecule is CC(C)C(C(=O)NN)N1CCc2sccc2C1. The summed E-state index contributed by atoms with van der Waals surface area (Å²) in [4.78, 5) is 15.5. The number of carbonyl (C=O) groups is 1. The Morgan fingerprint density at radius 3 is 3.00 bits per heavy atom. The van der Waals surface area contributed by atoms with Crippen LogP contribution in [0.2, 0.25) is 0 Å². The van der Waals surface area contributed by atoms with Gasteiger partial charge in [-0.2, -0.15) is 0 Å². The van der Waals surface area contributed by atoms with Gasteiger partial charge in [0, 0.05) is 18.0 Å². The van der Waals surface area contributed by atoms with E-state index in [2.05, 4.69) is 35.6 Å². The van der Waals surface area contributed by atoms with E-state index in [1.807, 2.05) is 11.3 Å². The number of hydrazine groups is 1. The molecule has 94 valence electrons. The fraction of sp³-hybridized carbons (Fsp3) is 0.583. The molecular formula is C12H19N3OS. The predicted octanol–water partition coefficient (Wildman–Crippen LogP) is 1.12. The number of fused-ring (bicyclic) bond motifs is 1. The lowest BCUT2D eigenvalue weighted by molar-refractivity contribution is -0.128. The van der Waals surface area contributed by atoms with E-state index in [0.29, 0.717) is 0 Å². The Labute approximate surface area is 106 Å². The number of rotatable bonds is 3. The molecule has 1 unspecified atom stereocenters. The highest BCUT2D eigenvalue weighted by molar-refractivity contribution is 7.10. The monoisotopic (exact) mass is 253 g/mol. The van der Waals surface area contributed by atoms with Crippen LogP contribution in [0.5, 0.6) is 0 Å². The molecule has 0 saturated carbocycles. The Hall–Kier alpha value is -0.910. The van der Waals surface area contributed by atoms with Crippen LogP contribution in [-0.2, 0) is 17.8 Å². The summed E-state index contributed by atoms with van der Waals surface area (Å²) in [5, 5.41) is 2.13. The van der Waals surface area contributed by atoms with Crippen molar-refractivity contribution in [3.05, 3.63) is 21.9 Å². The molecule has 0 spiro atoms. The van der Waals surface area contributed by atoms with Gasteiger partial charge in [-0.1, -0.05) is 13.8 Å². The van der Waals surface area contributed by atoms with E-state index in [0.717, 1.165) is 19.5 Å². The molecule has 0 saturated heterocycles. The largest absolute Gasteiger partial charge is 0.293 e. The van der Waals surface area contributed by atoms with Gasteiger partial charge in [0.05, 0.1) is 6.04 Å². The molecule has 3 N–H and O–H groups in total. The van der Waals surface area contributed by atoms with Gasteiger partial charge in [-0.05, 0) is 29.3 Å². The van der Waals surface area contributed by atoms with Crippen LogP contribution in [0, 0.1) is 5.92 Å². The van der Waals surface area contributed by atoms with Crippen LogP contribution in [0.25, 0.3) is 0 Å². The molecule has 5 heteroatoms. The smallest absolute Gasteiger partial charge is 0.251 e. The Balaban J connectivity index is 2.14. The third-order valence-corrected chi connectivity index (χ3v) is 4.30. The highest BCUT2D eigenvalue weighted by Crippen LogP contribution is 2.26. The molecule has 1 aromatic heterocycles. The molecule has 2 rings (SSSR count). The topological polar surface area (TPSA) is 58.4 Å². The average molecular weight is 253 g/mol. The van der Waals surface area contributed by atoms with E-state index < -0.39 is 0 Å². The minimum absolute atomic E-state index is 0.0846. The number of thiophene rings is 1. The summed E-state index contributed by atoms with van der Waals surface area (Å²) in [6.07, 6.45) is 1.04. The normalized spacial score (nSPS) is 17.9. The Kier molecular flexibility index (Phi) is 3.81. The maximum Gasteiger partial charge on any atom is 0.251 e. The summed E-state index contributed by atoms with van der Waals surface area (Å²) in [6.45, 7) is 5.91. The van der Waals surface area contributed by atoms with Crippen molar-refractivity contribution in [1.29, 1.82) is 0 Å². The van der Waals surface area contributed by atoms with Crippen molar-refractivity contribution in [3.8, 4) is 0 Å². The van der Waals surface area contributed by atoms with E-state index >= 15 is 0 Å². The van der Waals surface area contributed by atoms with Crippen molar-refractivity contribution in [2.75, 3.05) is 6.54 Å². The highest BCUT2D eigenvalue weighted by Gasteiger charge is 2.31. The molecule has 1 aliphatic rings. The zero-order chi connectivity index (χ0) is 12.4. The molecule has 1 atom stereocenters. The zero-order valence-corrected chi connectivity index (χ0v) is 11.1. The summed E-state index contributed by atoms with van der Waals surface area (Å²) in [5.74, 6) is 5.45. The lowest BCUT2D eigenvalue weighted by Crippen LogP contribution is -2.52. The fourth-order valence-electron chi connectivity index (χ4n) is 2.48. The Morgan fingerprint density at radius 1 is 1.59 bits per heavy atom. The highest BCUT2D eigenvalue weighted by atomic mass is 32.1. The number of hydrogen-bond acceptors (Lipinski definition) is 4. The lowest BCUT2D eigenvalue weighted by atomic mass is 9.98. The molecule has 0 radical (unpaired) electrons. The number of nitrogens with two attached hydrogens (primary N) is 1. The Morgan fingerprint density at radius 2 is 2.35 bits per heavy atom. The third-order valence-electron chi connectivity index (χ3n) is 3.27. The summed E-state index contributed by atoms with van der Waals surface area (Å²) in [6, 6.07) is 2.03. The van der Waals surface area contributed by atoms with Crippen molar-refractivity contribution >= 4 is 17.2 Å². The maximum atomic E-state index is 11.8. The lowest BCUT2D eigenvalue weighted by Gasteiger charge is -2.35. The van der Waals surface area contributed by atoms with Crippen LogP contribution >= 0.6 is 11.3 Å². The van der Waals surface area contributed by atoms with Gasteiger partial charge in [-0.3, -0.25) is 15.1 Å². The van der Waals surface area contributed by atoms with Gasteiger partial charge in [-0.15, -0.1) is 11.3 Å². The van der Waals surface area contributed by atoms with Crippen LogP contribution in [0.3, 0.4) is 0 Å².